The van der Waals surface area contributed by atoms with E-state index in [-0.39, 0.29) is 18.0 Å². The van der Waals surface area contributed by atoms with Gasteiger partial charge in [0.2, 0.25) is 5.91 Å². The lowest BCUT2D eigenvalue weighted by Gasteiger charge is -2.32. The topological polar surface area (TPSA) is 87.6 Å². The van der Waals surface area contributed by atoms with Crippen LogP contribution in [0.15, 0.2) is 42.1 Å². The molecule has 0 spiro atoms. The van der Waals surface area contributed by atoms with E-state index < -0.39 is 0 Å². The highest BCUT2D eigenvalue weighted by Gasteiger charge is 2.55. The molecular weight excluding hydrogens is 472 g/mol. The molecule has 7 heteroatoms. The second kappa shape index (κ2) is 9.44. The summed E-state index contributed by atoms with van der Waals surface area (Å²) in [6, 6.07) is 10.4. The molecule has 2 saturated carbocycles. The maximum absolute atomic E-state index is 13.8. The van der Waals surface area contributed by atoms with Crippen molar-refractivity contribution in [1.29, 1.82) is 0 Å². The van der Waals surface area contributed by atoms with Crippen molar-refractivity contribution in [2.24, 2.45) is 17.8 Å². The van der Waals surface area contributed by atoms with Crippen LogP contribution in [-0.4, -0.2) is 31.9 Å². The van der Waals surface area contributed by atoms with Crippen LogP contribution in [0, 0.1) is 17.8 Å². The van der Waals surface area contributed by atoms with Crippen molar-refractivity contribution in [3.63, 3.8) is 0 Å². The molecule has 1 aromatic carbocycles. The number of aromatic amines is 1. The Balaban J connectivity index is 1.24. The smallest absolute Gasteiger partial charge is 0.247 e. The zero-order valence-corrected chi connectivity index (χ0v) is 23.4. The van der Waals surface area contributed by atoms with Crippen molar-refractivity contribution in [3.8, 4) is 11.1 Å². The number of fused-ring (bicyclic) bond motifs is 1. The molecule has 2 unspecified atom stereocenters. The molecule has 0 saturated heterocycles. The highest BCUT2D eigenvalue weighted by molar-refractivity contribution is 5.97. The number of amides is 1. The third-order valence-corrected chi connectivity index (χ3v) is 8.45. The van der Waals surface area contributed by atoms with Crippen LogP contribution in [0.2, 0.25) is 0 Å². The Labute approximate surface area is 225 Å². The summed E-state index contributed by atoms with van der Waals surface area (Å²) in [5, 5.41) is 19.4. The maximum atomic E-state index is 13.8. The van der Waals surface area contributed by atoms with E-state index in [1.165, 1.54) is 24.0 Å². The molecule has 1 amide bonds. The minimum Gasteiger partial charge on any atom is -0.372 e. The van der Waals surface area contributed by atoms with Gasteiger partial charge in [0.1, 0.15) is 6.04 Å². The number of nitrogens with one attached hydrogen (secondary N) is 3. The Morgan fingerprint density at radius 2 is 1.76 bits per heavy atom. The van der Waals surface area contributed by atoms with Gasteiger partial charge >= 0.3 is 0 Å². The molecule has 3 N–H and O–H groups in total. The molecule has 6 rings (SSSR count). The molecule has 3 atom stereocenters. The first kappa shape index (κ1) is 25.0. The van der Waals surface area contributed by atoms with Crippen LogP contribution in [0.25, 0.3) is 16.8 Å². The summed E-state index contributed by atoms with van der Waals surface area (Å²) >= 11 is 0. The van der Waals surface area contributed by atoms with Crippen LogP contribution in [-0.2, 0) is 4.79 Å². The van der Waals surface area contributed by atoms with Gasteiger partial charge in [-0.3, -0.25) is 14.6 Å². The Morgan fingerprint density at radius 3 is 2.39 bits per heavy atom. The molecule has 200 valence electrons. The standard InChI is InChI=1S/C31H40N6O/c1-16(2)27-26(28(17(3)4)36-35-27)20-9-11-21(12-10-20)33-31(38)30-25(19-7-8-19)22-15-23(22)29(34-30)24-13-14-32-37(24)18(5)6/h9-14,16-19,22,25,30,34H,7-8,15H2,1-6H3,(H,33,38)(H,35,36)/t22?,25?,30-/m0/s1. The number of rotatable bonds is 8. The van der Waals surface area contributed by atoms with Gasteiger partial charge in [-0.1, -0.05) is 39.8 Å². The third kappa shape index (κ3) is 4.36. The first-order valence-electron chi connectivity index (χ1n) is 14.3. The van der Waals surface area contributed by atoms with Gasteiger partial charge < -0.3 is 10.6 Å². The molecule has 2 aliphatic carbocycles. The van der Waals surface area contributed by atoms with Crippen LogP contribution in [0.4, 0.5) is 5.69 Å². The fourth-order valence-corrected chi connectivity index (χ4v) is 6.34. The van der Waals surface area contributed by atoms with Gasteiger partial charge in [-0.05, 0) is 92.0 Å². The monoisotopic (exact) mass is 512 g/mol. The van der Waals surface area contributed by atoms with Crippen LogP contribution in [0.1, 0.15) is 95.8 Å². The van der Waals surface area contributed by atoms with Crippen molar-refractivity contribution in [1.82, 2.24) is 25.3 Å². The quantitative estimate of drug-likeness (QED) is 0.323. The van der Waals surface area contributed by atoms with Crippen LogP contribution in [0.5, 0.6) is 0 Å². The van der Waals surface area contributed by atoms with Gasteiger partial charge in [-0.15, -0.1) is 0 Å². The molecular formula is C31H40N6O. The van der Waals surface area contributed by atoms with Crippen LogP contribution in [0.3, 0.4) is 0 Å². The Morgan fingerprint density at radius 1 is 1.03 bits per heavy atom. The lowest BCUT2D eigenvalue weighted by atomic mass is 9.85. The number of nitrogens with zero attached hydrogens (tertiary/aromatic N) is 3. The summed E-state index contributed by atoms with van der Waals surface area (Å²) in [5.41, 5.74) is 9.08. The predicted molar refractivity (Wildman–Crippen MR) is 152 cm³/mol. The van der Waals surface area contributed by atoms with E-state index >= 15 is 0 Å². The Kier molecular flexibility index (Phi) is 6.20. The van der Waals surface area contributed by atoms with Gasteiger partial charge in [0.05, 0.1) is 17.1 Å². The molecule has 3 heterocycles. The summed E-state index contributed by atoms with van der Waals surface area (Å²) in [6.45, 7) is 13.0. The number of carbonyl (C=O) groups is 1. The number of hydrogen-bond donors (Lipinski definition) is 3. The first-order chi connectivity index (χ1) is 18.2. The van der Waals surface area contributed by atoms with E-state index in [9.17, 15) is 4.79 Å². The van der Waals surface area contributed by atoms with Crippen LogP contribution >= 0.6 is 0 Å². The molecule has 3 aromatic rings. The maximum Gasteiger partial charge on any atom is 0.247 e. The molecule has 2 fully saturated rings. The predicted octanol–water partition coefficient (Wildman–Crippen LogP) is 6.47. The fourth-order valence-electron chi connectivity index (χ4n) is 6.34. The highest BCUT2D eigenvalue weighted by Crippen LogP contribution is 2.58. The fraction of sp³-hybridized carbons (Fsp3) is 0.516. The minimum atomic E-state index is -0.238. The van der Waals surface area contributed by atoms with Gasteiger partial charge in [0.15, 0.2) is 0 Å². The van der Waals surface area contributed by atoms with E-state index in [0.717, 1.165) is 40.5 Å². The number of aromatic nitrogens is 4. The van der Waals surface area contributed by atoms with E-state index in [4.69, 9.17) is 0 Å². The second-order valence-electron chi connectivity index (χ2n) is 12.3. The van der Waals surface area contributed by atoms with Gasteiger partial charge in [-0.2, -0.15) is 10.2 Å². The highest BCUT2D eigenvalue weighted by atomic mass is 16.2. The summed E-state index contributed by atoms with van der Waals surface area (Å²) in [5.74, 6) is 2.26. The third-order valence-electron chi connectivity index (χ3n) is 8.45. The number of H-pyrrole nitrogens is 1. The molecule has 2 aromatic heterocycles. The molecule has 0 radical (unpaired) electrons. The van der Waals surface area contributed by atoms with Gasteiger partial charge in [-0.25, -0.2) is 0 Å². The van der Waals surface area contributed by atoms with E-state index in [0.29, 0.717) is 29.6 Å². The van der Waals surface area contributed by atoms with E-state index in [1.54, 1.807) is 0 Å². The van der Waals surface area contributed by atoms with Crippen molar-refractivity contribution in [2.75, 3.05) is 5.32 Å². The largest absolute Gasteiger partial charge is 0.372 e. The van der Waals surface area contributed by atoms with Gasteiger partial charge in [0.25, 0.3) is 0 Å². The summed E-state index contributed by atoms with van der Waals surface area (Å²) in [6.07, 6.45) is 5.41. The normalized spacial score (nSPS) is 22.7. The molecule has 38 heavy (non-hydrogen) atoms. The lowest BCUT2D eigenvalue weighted by molar-refractivity contribution is -0.119. The van der Waals surface area contributed by atoms with Crippen LogP contribution < -0.4 is 10.6 Å². The van der Waals surface area contributed by atoms with Crippen molar-refractivity contribution < 1.29 is 4.79 Å². The molecule has 0 bridgehead atoms. The van der Waals surface area contributed by atoms with Crippen molar-refractivity contribution >= 4 is 17.3 Å². The Bertz CT molecular complexity index is 1350. The average Bonchev–Trinajstić information content (AvgIpc) is 3.78. The van der Waals surface area contributed by atoms with Crippen molar-refractivity contribution in [2.45, 2.75) is 84.7 Å². The zero-order chi connectivity index (χ0) is 26.7. The SMILES string of the molecule is CC(C)c1n[nH]c(C(C)C)c1-c1ccc(NC(=O)[C@H]2NC(c3ccnn3C(C)C)=C3CC3C2C2CC2)cc1. The number of carbonyl (C=O) groups excluding carboxylic acids is 1. The van der Waals surface area contributed by atoms with Gasteiger partial charge in [0, 0.05) is 29.2 Å². The average molecular weight is 513 g/mol. The minimum absolute atomic E-state index is 0.0581. The number of allylic oxidation sites excluding steroid dienone is 1. The van der Waals surface area contributed by atoms with Crippen molar-refractivity contribution in [3.05, 3.63) is 59.2 Å². The molecule has 7 nitrogen and oxygen atoms in total. The summed E-state index contributed by atoms with van der Waals surface area (Å²) < 4.78 is 2.06. The number of anilines is 1. The number of hydrogen-bond acceptors (Lipinski definition) is 4. The molecule has 1 aliphatic heterocycles. The second-order valence-corrected chi connectivity index (χ2v) is 12.3. The van der Waals surface area contributed by atoms with E-state index in [2.05, 4.69) is 90.4 Å². The summed E-state index contributed by atoms with van der Waals surface area (Å²) in [7, 11) is 0. The molecule has 3 aliphatic rings. The first-order valence-corrected chi connectivity index (χ1v) is 14.3. The Hall–Kier alpha value is -3.35. The lowest BCUT2D eigenvalue weighted by Crippen LogP contribution is -2.48. The summed E-state index contributed by atoms with van der Waals surface area (Å²) in [4.78, 5) is 13.8. The number of benzene rings is 1. The van der Waals surface area contributed by atoms with E-state index in [1.807, 2.05) is 18.3 Å². The zero-order valence-electron chi connectivity index (χ0n) is 23.4.